The number of hydrogen-bond acceptors (Lipinski definition) is 4. The Balaban J connectivity index is 2.15. The fourth-order valence-electron chi connectivity index (χ4n) is 1.91. The third-order valence-corrected chi connectivity index (χ3v) is 3.77. The first-order valence-electron chi connectivity index (χ1n) is 5.33. The Labute approximate surface area is 110 Å². The summed E-state index contributed by atoms with van der Waals surface area (Å²) in [4.78, 5) is 2.18. The molecular weight excluding hydrogens is 286 g/mol. The largest absolute Gasteiger partial charge is 0.497 e. The monoisotopic (exact) mass is 301 g/mol. The quantitative estimate of drug-likeness (QED) is 0.798. The standard InChI is InChI=1S/C12H16BrNO3/c1-15-9-4-5-10(13)11(6-9)14-7-12(8-14,16-2)17-3/h4-6H,7-8H2,1-3H3. The van der Waals surface area contributed by atoms with E-state index in [1.807, 2.05) is 18.2 Å². The van der Waals surface area contributed by atoms with Gasteiger partial charge in [0.05, 0.1) is 25.9 Å². The Morgan fingerprint density at radius 1 is 1.18 bits per heavy atom. The maximum atomic E-state index is 5.36. The Hall–Kier alpha value is -0.780. The van der Waals surface area contributed by atoms with Crippen molar-refractivity contribution < 1.29 is 14.2 Å². The highest BCUT2D eigenvalue weighted by Gasteiger charge is 2.44. The van der Waals surface area contributed by atoms with Crippen LogP contribution in [-0.4, -0.2) is 40.2 Å². The molecule has 0 amide bonds. The molecule has 0 unspecified atom stereocenters. The van der Waals surface area contributed by atoms with Crippen LogP contribution in [-0.2, 0) is 9.47 Å². The van der Waals surface area contributed by atoms with Gasteiger partial charge in [0.1, 0.15) is 5.75 Å². The van der Waals surface area contributed by atoms with E-state index in [2.05, 4.69) is 20.8 Å². The van der Waals surface area contributed by atoms with Gasteiger partial charge in [0.15, 0.2) is 0 Å². The van der Waals surface area contributed by atoms with E-state index in [-0.39, 0.29) is 0 Å². The van der Waals surface area contributed by atoms with Crippen molar-refractivity contribution in [2.45, 2.75) is 5.79 Å². The zero-order valence-electron chi connectivity index (χ0n) is 10.2. The summed E-state index contributed by atoms with van der Waals surface area (Å²) in [6.07, 6.45) is 0. The lowest BCUT2D eigenvalue weighted by Gasteiger charge is -2.49. The summed E-state index contributed by atoms with van der Waals surface area (Å²) in [5.74, 6) is 0.373. The van der Waals surface area contributed by atoms with Crippen LogP contribution in [0.25, 0.3) is 0 Å². The van der Waals surface area contributed by atoms with Crippen LogP contribution < -0.4 is 9.64 Å². The van der Waals surface area contributed by atoms with Crippen molar-refractivity contribution in [2.24, 2.45) is 0 Å². The van der Waals surface area contributed by atoms with E-state index in [1.54, 1.807) is 21.3 Å². The molecule has 1 aliphatic rings. The van der Waals surface area contributed by atoms with E-state index in [0.717, 1.165) is 15.9 Å². The molecule has 17 heavy (non-hydrogen) atoms. The SMILES string of the molecule is COc1ccc(Br)c(N2CC(OC)(OC)C2)c1. The second-order valence-electron chi connectivity index (χ2n) is 3.99. The number of rotatable bonds is 4. The third-order valence-electron chi connectivity index (χ3n) is 3.10. The molecule has 1 fully saturated rings. The molecule has 1 aromatic carbocycles. The lowest BCUT2D eigenvalue weighted by molar-refractivity contribution is -0.219. The number of halogens is 1. The van der Waals surface area contributed by atoms with Crippen LogP contribution in [0.5, 0.6) is 5.75 Å². The third kappa shape index (κ3) is 2.27. The molecule has 0 bridgehead atoms. The minimum absolute atomic E-state index is 0.470. The lowest BCUT2D eigenvalue weighted by atomic mass is 10.1. The van der Waals surface area contributed by atoms with E-state index in [9.17, 15) is 0 Å². The van der Waals surface area contributed by atoms with Gasteiger partial charge in [-0.05, 0) is 28.1 Å². The summed E-state index contributed by atoms with van der Waals surface area (Å²) >= 11 is 3.54. The molecule has 0 atom stereocenters. The molecule has 94 valence electrons. The molecule has 0 spiro atoms. The van der Waals surface area contributed by atoms with Crippen LogP contribution in [0.4, 0.5) is 5.69 Å². The topological polar surface area (TPSA) is 30.9 Å². The number of nitrogens with zero attached hydrogens (tertiary/aromatic N) is 1. The van der Waals surface area contributed by atoms with E-state index >= 15 is 0 Å². The summed E-state index contributed by atoms with van der Waals surface area (Å²) in [5.41, 5.74) is 1.09. The van der Waals surface area contributed by atoms with Gasteiger partial charge in [-0.25, -0.2) is 0 Å². The number of benzene rings is 1. The van der Waals surface area contributed by atoms with Crippen molar-refractivity contribution >= 4 is 21.6 Å². The molecule has 0 radical (unpaired) electrons. The number of anilines is 1. The minimum Gasteiger partial charge on any atom is -0.497 e. The molecule has 4 nitrogen and oxygen atoms in total. The Kier molecular flexibility index (Phi) is 3.61. The highest BCUT2D eigenvalue weighted by Crippen LogP contribution is 2.37. The predicted molar refractivity (Wildman–Crippen MR) is 69.7 cm³/mol. The molecule has 1 heterocycles. The smallest absolute Gasteiger partial charge is 0.203 e. The van der Waals surface area contributed by atoms with Crippen molar-refractivity contribution in [2.75, 3.05) is 39.3 Å². The highest BCUT2D eigenvalue weighted by molar-refractivity contribution is 9.10. The van der Waals surface area contributed by atoms with Gasteiger partial charge in [0.25, 0.3) is 0 Å². The maximum Gasteiger partial charge on any atom is 0.203 e. The van der Waals surface area contributed by atoms with Crippen molar-refractivity contribution in [1.82, 2.24) is 0 Å². The zero-order valence-corrected chi connectivity index (χ0v) is 11.8. The number of methoxy groups -OCH3 is 3. The maximum absolute atomic E-state index is 5.36. The second kappa shape index (κ2) is 4.84. The summed E-state index contributed by atoms with van der Waals surface area (Å²) in [6.45, 7) is 1.43. The Bertz CT molecular complexity index is 399. The first-order valence-corrected chi connectivity index (χ1v) is 6.12. The van der Waals surface area contributed by atoms with Crippen molar-refractivity contribution in [3.05, 3.63) is 22.7 Å². The lowest BCUT2D eigenvalue weighted by Crippen LogP contribution is -2.64. The van der Waals surface area contributed by atoms with Gasteiger partial charge in [-0.3, -0.25) is 0 Å². The van der Waals surface area contributed by atoms with Crippen LogP contribution >= 0.6 is 15.9 Å². The number of hydrogen-bond donors (Lipinski definition) is 0. The Morgan fingerprint density at radius 2 is 1.82 bits per heavy atom. The van der Waals surface area contributed by atoms with Crippen LogP contribution in [0.2, 0.25) is 0 Å². The average Bonchev–Trinajstić information content (AvgIpc) is 2.31. The molecule has 0 aliphatic carbocycles. The average molecular weight is 302 g/mol. The molecule has 0 aromatic heterocycles. The van der Waals surface area contributed by atoms with Gasteiger partial charge in [-0.15, -0.1) is 0 Å². The molecule has 1 aromatic rings. The van der Waals surface area contributed by atoms with Gasteiger partial charge in [-0.2, -0.15) is 0 Å². The van der Waals surface area contributed by atoms with Crippen LogP contribution in [0.1, 0.15) is 0 Å². The molecule has 2 rings (SSSR count). The van der Waals surface area contributed by atoms with Gasteiger partial charge < -0.3 is 19.1 Å². The van der Waals surface area contributed by atoms with Crippen LogP contribution in [0, 0.1) is 0 Å². The first kappa shape index (κ1) is 12.7. The highest BCUT2D eigenvalue weighted by atomic mass is 79.9. The summed E-state index contributed by atoms with van der Waals surface area (Å²) in [5, 5.41) is 0. The fraction of sp³-hybridized carbons (Fsp3) is 0.500. The molecule has 1 saturated heterocycles. The van der Waals surface area contributed by atoms with E-state index in [1.165, 1.54) is 0 Å². The Morgan fingerprint density at radius 3 is 2.35 bits per heavy atom. The first-order chi connectivity index (χ1) is 8.14. The van der Waals surface area contributed by atoms with Gasteiger partial charge in [0, 0.05) is 24.8 Å². The predicted octanol–water partition coefficient (Wildman–Crippen LogP) is 2.27. The summed E-state index contributed by atoms with van der Waals surface area (Å²) in [6, 6.07) is 5.90. The van der Waals surface area contributed by atoms with Gasteiger partial charge in [-0.1, -0.05) is 0 Å². The summed E-state index contributed by atoms with van der Waals surface area (Å²) in [7, 11) is 5.00. The molecule has 0 saturated carbocycles. The molecular formula is C12H16BrNO3. The second-order valence-corrected chi connectivity index (χ2v) is 4.85. The van der Waals surface area contributed by atoms with Crippen molar-refractivity contribution in [3.8, 4) is 5.75 Å². The fourth-order valence-corrected chi connectivity index (χ4v) is 2.41. The normalized spacial score (nSPS) is 17.8. The zero-order chi connectivity index (χ0) is 12.5. The number of ether oxygens (including phenoxy) is 3. The molecule has 5 heteroatoms. The molecule has 1 aliphatic heterocycles. The minimum atomic E-state index is -0.470. The van der Waals surface area contributed by atoms with Crippen LogP contribution in [0.3, 0.4) is 0 Å². The van der Waals surface area contributed by atoms with E-state index in [0.29, 0.717) is 13.1 Å². The van der Waals surface area contributed by atoms with Gasteiger partial charge in [0.2, 0.25) is 5.79 Å². The van der Waals surface area contributed by atoms with Crippen molar-refractivity contribution in [3.63, 3.8) is 0 Å². The molecule has 0 N–H and O–H groups in total. The van der Waals surface area contributed by atoms with Crippen LogP contribution in [0.15, 0.2) is 22.7 Å². The summed E-state index contributed by atoms with van der Waals surface area (Å²) < 4.78 is 17.0. The van der Waals surface area contributed by atoms with E-state index in [4.69, 9.17) is 14.2 Å². The van der Waals surface area contributed by atoms with Gasteiger partial charge >= 0.3 is 0 Å². The van der Waals surface area contributed by atoms with E-state index < -0.39 is 5.79 Å². The van der Waals surface area contributed by atoms with Crippen molar-refractivity contribution in [1.29, 1.82) is 0 Å².